The lowest BCUT2D eigenvalue weighted by Crippen LogP contribution is -2.41. The summed E-state index contributed by atoms with van der Waals surface area (Å²) in [4.78, 5) is 0. The van der Waals surface area contributed by atoms with Crippen molar-refractivity contribution in [2.75, 3.05) is 20.3 Å². The van der Waals surface area contributed by atoms with Crippen LogP contribution in [-0.4, -0.2) is 46.0 Å². The van der Waals surface area contributed by atoms with Crippen molar-refractivity contribution in [3.8, 4) is 17.6 Å². The third-order valence-corrected chi connectivity index (χ3v) is 11.1. The van der Waals surface area contributed by atoms with E-state index in [-0.39, 0.29) is 23.9 Å². The number of methoxy groups -OCH3 is 1. The van der Waals surface area contributed by atoms with Crippen LogP contribution < -0.4 is 4.74 Å². The minimum absolute atomic E-state index is 0.113. The maximum absolute atomic E-state index is 10.2. The molecule has 1 N–H and O–H groups in total. The van der Waals surface area contributed by atoms with E-state index in [1.54, 1.807) is 7.11 Å². The van der Waals surface area contributed by atoms with E-state index in [1.165, 1.54) is 0 Å². The molecule has 1 aliphatic rings. The second-order valence-corrected chi connectivity index (χ2v) is 15.4. The van der Waals surface area contributed by atoms with Gasteiger partial charge in [-0.25, -0.2) is 0 Å². The number of benzene rings is 1. The van der Waals surface area contributed by atoms with Crippen LogP contribution in [0.15, 0.2) is 59.7 Å². The molecule has 3 atom stereocenters. The SMILES string of the molecule is C=C(C#CC=C(C)C)[C@@H]1C[C@@H](/C(=C/CO[Si](C)(C)C(C)(C)C)CO)OC(c2ccc(OC)cc2)O1. The largest absolute Gasteiger partial charge is 0.497 e. The van der Waals surface area contributed by atoms with Crippen LogP contribution in [0.25, 0.3) is 0 Å². The van der Waals surface area contributed by atoms with E-state index in [9.17, 15) is 5.11 Å². The molecule has 1 aromatic rings. The molecule has 1 saturated heterocycles. The molecule has 5 nitrogen and oxygen atoms in total. The van der Waals surface area contributed by atoms with Gasteiger partial charge in [0.2, 0.25) is 0 Å². The lowest BCUT2D eigenvalue weighted by atomic mass is 9.97. The van der Waals surface area contributed by atoms with E-state index in [0.29, 0.717) is 18.6 Å². The number of rotatable bonds is 8. The van der Waals surface area contributed by atoms with Crippen LogP contribution in [0.2, 0.25) is 18.1 Å². The summed E-state index contributed by atoms with van der Waals surface area (Å²) < 4.78 is 24.2. The van der Waals surface area contributed by atoms with Gasteiger partial charge in [-0.15, -0.1) is 0 Å². The Morgan fingerprint density at radius 3 is 2.34 bits per heavy atom. The molecule has 2 rings (SSSR count). The summed E-state index contributed by atoms with van der Waals surface area (Å²) >= 11 is 0. The molecule has 1 heterocycles. The Hall–Kier alpha value is -2.14. The Labute approximate surface area is 213 Å². The van der Waals surface area contributed by atoms with E-state index < -0.39 is 14.6 Å². The zero-order chi connectivity index (χ0) is 26.2. The lowest BCUT2D eigenvalue weighted by molar-refractivity contribution is -0.230. The Morgan fingerprint density at radius 2 is 1.80 bits per heavy atom. The Bertz CT molecular complexity index is 969. The average Bonchev–Trinajstić information content (AvgIpc) is 2.80. The first kappa shape index (κ1) is 29.1. The first-order chi connectivity index (χ1) is 16.4. The van der Waals surface area contributed by atoms with Crippen molar-refractivity contribution in [1.29, 1.82) is 0 Å². The number of hydrogen-bond acceptors (Lipinski definition) is 5. The number of aliphatic hydroxyl groups excluding tert-OH is 1. The normalized spacial score (nSPS) is 21.1. The van der Waals surface area contributed by atoms with Crippen molar-refractivity contribution in [2.24, 2.45) is 0 Å². The van der Waals surface area contributed by atoms with Crippen LogP contribution >= 0.6 is 0 Å². The standard InChI is InChI=1S/C29H42O5Si/c1-21(2)11-10-12-22(3)26-19-27(24(20-30)17-18-32-35(8,9)29(4,5)6)34-28(33-26)23-13-15-25(31-7)16-14-23/h11,13-17,26-28,30H,3,18-20H2,1-2,4-9H3/b24-17+/t26-,27-,28?/m0/s1. The van der Waals surface area contributed by atoms with Crippen LogP contribution in [0, 0.1) is 11.8 Å². The summed E-state index contributed by atoms with van der Waals surface area (Å²) in [7, 11) is -0.273. The molecule has 0 spiro atoms. The van der Waals surface area contributed by atoms with E-state index in [1.807, 2.05) is 50.3 Å². The van der Waals surface area contributed by atoms with Gasteiger partial charge in [-0.05, 0) is 55.8 Å². The Morgan fingerprint density at radius 1 is 1.17 bits per heavy atom. The summed E-state index contributed by atoms with van der Waals surface area (Å²) in [6, 6.07) is 7.59. The Balaban J connectivity index is 2.29. The maximum Gasteiger partial charge on any atom is 0.192 e. The van der Waals surface area contributed by atoms with Gasteiger partial charge >= 0.3 is 0 Å². The van der Waals surface area contributed by atoms with Gasteiger partial charge in [0.15, 0.2) is 14.6 Å². The van der Waals surface area contributed by atoms with Crippen LogP contribution in [0.1, 0.15) is 52.9 Å². The van der Waals surface area contributed by atoms with Crippen molar-refractivity contribution in [3.05, 3.63) is 65.3 Å². The second-order valence-electron chi connectivity index (χ2n) is 10.6. The minimum atomic E-state index is -1.91. The van der Waals surface area contributed by atoms with E-state index in [0.717, 1.165) is 22.5 Å². The summed E-state index contributed by atoms with van der Waals surface area (Å²) in [5.41, 5.74) is 3.45. The first-order valence-electron chi connectivity index (χ1n) is 12.1. The van der Waals surface area contributed by atoms with Gasteiger partial charge in [0.1, 0.15) is 5.75 Å². The van der Waals surface area contributed by atoms with Crippen LogP contribution in [-0.2, 0) is 13.9 Å². The van der Waals surface area contributed by atoms with E-state index >= 15 is 0 Å². The van der Waals surface area contributed by atoms with Gasteiger partial charge in [0.05, 0.1) is 32.5 Å². The fraction of sp³-hybridized carbons (Fsp3) is 0.517. The van der Waals surface area contributed by atoms with E-state index in [4.69, 9.17) is 18.6 Å². The molecular weight excluding hydrogens is 456 g/mol. The number of allylic oxidation sites excluding steroid dienone is 2. The molecule has 1 fully saturated rings. The third-order valence-electron chi connectivity index (χ3n) is 6.57. The summed E-state index contributed by atoms with van der Waals surface area (Å²) in [5, 5.41) is 10.3. The highest BCUT2D eigenvalue weighted by atomic mass is 28.4. The topological polar surface area (TPSA) is 57.2 Å². The first-order valence-corrected chi connectivity index (χ1v) is 15.0. The van der Waals surface area contributed by atoms with Crippen molar-refractivity contribution < 1.29 is 23.7 Å². The van der Waals surface area contributed by atoms with Gasteiger partial charge in [0.25, 0.3) is 0 Å². The third kappa shape index (κ3) is 8.48. The summed E-state index contributed by atoms with van der Waals surface area (Å²) in [6.45, 7) is 19.6. The molecular formula is C29H42O5Si. The maximum atomic E-state index is 10.2. The number of aliphatic hydroxyl groups is 1. The molecule has 0 amide bonds. The van der Waals surface area contributed by atoms with Gasteiger partial charge in [-0.2, -0.15) is 0 Å². The molecule has 0 aromatic heterocycles. The van der Waals surface area contributed by atoms with Crippen LogP contribution in [0.4, 0.5) is 0 Å². The second kappa shape index (κ2) is 12.7. The minimum Gasteiger partial charge on any atom is -0.497 e. The molecule has 192 valence electrons. The van der Waals surface area contributed by atoms with Gasteiger partial charge in [0, 0.05) is 17.6 Å². The fourth-order valence-electron chi connectivity index (χ4n) is 3.24. The lowest BCUT2D eigenvalue weighted by Gasteiger charge is -2.37. The molecule has 1 unspecified atom stereocenters. The number of ether oxygens (including phenoxy) is 3. The highest BCUT2D eigenvalue weighted by molar-refractivity contribution is 6.74. The predicted molar refractivity (Wildman–Crippen MR) is 145 cm³/mol. The molecule has 0 aliphatic carbocycles. The molecule has 0 bridgehead atoms. The summed E-state index contributed by atoms with van der Waals surface area (Å²) in [6.07, 6.45) is 3.02. The van der Waals surface area contributed by atoms with Crippen molar-refractivity contribution in [3.63, 3.8) is 0 Å². The zero-order valence-electron chi connectivity index (χ0n) is 22.6. The summed E-state index contributed by atoms with van der Waals surface area (Å²) in [5.74, 6) is 6.91. The quantitative estimate of drug-likeness (QED) is 0.258. The van der Waals surface area contributed by atoms with Crippen LogP contribution in [0.5, 0.6) is 5.75 Å². The van der Waals surface area contributed by atoms with E-state index in [2.05, 4.69) is 52.3 Å². The zero-order valence-corrected chi connectivity index (χ0v) is 23.6. The van der Waals surface area contributed by atoms with Crippen molar-refractivity contribution in [1.82, 2.24) is 0 Å². The average molecular weight is 499 g/mol. The molecule has 35 heavy (non-hydrogen) atoms. The van der Waals surface area contributed by atoms with Crippen molar-refractivity contribution in [2.45, 2.75) is 77.7 Å². The highest BCUT2D eigenvalue weighted by Crippen LogP contribution is 2.37. The molecule has 0 saturated carbocycles. The molecule has 6 heteroatoms. The number of hydrogen-bond donors (Lipinski definition) is 1. The van der Waals surface area contributed by atoms with Crippen LogP contribution in [0.3, 0.4) is 0 Å². The molecule has 0 radical (unpaired) electrons. The van der Waals surface area contributed by atoms with Gasteiger partial charge < -0.3 is 23.7 Å². The van der Waals surface area contributed by atoms with Gasteiger partial charge in [-0.1, -0.05) is 63.0 Å². The fourth-order valence-corrected chi connectivity index (χ4v) is 4.18. The molecule has 1 aromatic carbocycles. The van der Waals surface area contributed by atoms with Gasteiger partial charge in [-0.3, -0.25) is 0 Å². The monoisotopic (exact) mass is 498 g/mol. The van der Waals surface area contributed by atoms with Crippen molar-refractivity contribution >= 4 is 8.32 Å². The highest BCUT2D eigenvalue weighted by Gasteiger charge is 2.37. The molecule has 1 aliphatic heterocycles. The predicted octanol–water partition coefficient (Wildman–Crippen LogP) is 6.33. The smallest absolute Gasteiger partial charge is 0.192 e. The Kier molecular flexibility index (Phi) is 10.6.